The molecular weight excluding hydrogens is 464 g/mol. The number of ether oxygens (including phenoxy) is 1. The van der Waals surface area contributed by atoms with Gasteiger partial charge in [0.25, 0.3) is 11.8 Å². The number of esters is 1. The van der Waals surface area contributed by atoms with Crippen LogP contribution in [0.15, 0.2) is 81.5 Å². The van der Waals surface area contributed by atoms with Crippen molar-refractivity contribution in [3.05, 3.63) is 94.0 Å². The lowest BCUT2D eigenvalue weighted by atomic mass is 10.1. The van der Waals surface area contributed by atoms with Gasteiger partial charge in [-0.15, -0.1) is 0 Å². The van der Waals surface area contributed by atoms with E-state index in [1.165, 1.54) is 12.3 Å². The lowest BCUT2D eigenvalue weighted by Crippen LogP contribution is -2.30. The summed E-state index contributed by atoms with van der Waals surface area (Å²) in [5.41, 5.74) is 1.55. The van der Waals surface area contributed by atoms with E-state index in [0.29, 0.717) is 16.8 Å². The highest BCUT2D eigenvalue weighted by Crippen LogP contribution is 2.16. The molecule has 0 spiro atoms. The molecule has 0 saturated heterocycles. The molecule has 0 aliphatic heterocycles. The molecule has 2 aromatic carbocycles. The Labute approximate surface area is 187 Å². The van der Waals surface area contributed by atoms with Gasteiger partial charge < -0.3 is 19.8 Å². The maximum atomic E-state index is 12.9. The number of carbonyl (C=O) groups is 3. The van der Waals surface area contributed by atoms with Crippen molar-refractivity contribution in [3.8, 4) is 0 Å². The molecule has 0 saturated carbocycles. The lowest BCUT2D eigenvalue weighted by Gasteiger charge is -2.11. The van der Waals surface area contributed by atoms with Crippen LogP contribution in [0.4, 0.5) is 5.69 Å². The minimum Gasteiger partial charge on any atom is -0.462 e. The van der Waals surface area contributed by atoms with Gasteiger partial charge in [-0.2, -0.15) is 0 Å². The summed E-state index contributed by atoms with van der Waals surface area (Å²) in [5, 5.41) is 5.29. The molecule has 0 aliphatic carbocycles. The van der Waals surface area contributed by atoms with Gasteiger partial charge in [-0.25, -0.2) is 4.79 Å². The predicted molar refractivity (Wildman–Crippen MR) is 119 cm³/mol. The third kappa shape index (κ3) is 6.16. The van der Waals surface area contributed by atoms with Gasteiger partial charge in [-0.3, -0.25) is 9.59 Å². The molecule has 3 rings (SSSR count). The predicted octanol–water partition coefficient (Wildman–Crippen LogP) is 4.63. The first-order valence-corrected chi connectivity index (χ1v) is 10.2. The highest BCUT2D eigenvalue weighted by Gasteiger charge is 2.17. The molecule has 0 atom stereocenters. The quantitative estimate of drug-likeness (QED) is 0.377. The van der Waals surface area contributed by atoms with Crippen molar-refractivity contribution in [1.82, 2.24) is 5.32 Å². The first-order chi connectivity index (χ1) is 15.0. The van der Waals surface area contributed by atoms with Crippen LogP contribution in [0, 0.1) is 0 Å². The number of rotatable bonds is 7. The van der Waals surface area contributed by atoms with E-state index in [0.717, 1.165) is 4.47 Å². The summed E-state index contributed by atoms with van der Waals surface area (Å²) in [4.78, 5) is 37.1. The fraction of sp³-hybridized carbons (Fsp3) is 0.0870. The summed E-state index contributed by atoms with van der Waals surface area (Å²) in [6.45, 7) is 2.00. The van der Waals surface area contributed by atoms with Crippen LogP contribution in [0.1, 0.15) is 33.4 Å². The van der Waals surface area contributed by atoms with Crippen molar-refractivity contribution in [2.45, 2.75) is 6.92 Å². The van der Waals surface area contributed by atoms with Gasteiger partial charge in [0.15, 0.2) is 5.76 Å². The molecule has 0 aliphatic rings. The Kier molecular flexibility index (Phi) is 7.40. The van der Waals surface area contributed by atoms with E-state index in [1.807, 2.05) is 12.1 Å². The van der Waals surface area contributed by atoms with Crippen LogP contribution < -0.4 is 10.6 Å². The Morgan fingerprint density at radius 2 is 1.84 bits per heavy atom. The Hall–Kier alpha value is -3.65. The van der Waals surface area contributed by atoms with Crippen molar-refractivity contribution in [1.29, 1.82) is 0 Å². The highest BCUT2D eigenvalue weighted by atomic mass is 79.9. The number of anilines is 1. The second-order valence-electron chi connectivity index (χ2n) is 6.30. The van der Waals surface area contributed by atoms with Crippen LogP contribution in [-0.4, -0.2) is 24.4 Å². The third-order valence-electron chi connectivity index (χ3n) is 4.05. The minimum absolute atomic E-state index is 0.0222. The molecule has 0 unspecified atom stereocenters. The number of hydrogen-bond donors (Lipinski definition) is 2. The molecule has 31 heavy (non-hydrogen) atoms. The van der Waals surface area contributed by atoms with E-state index < -0.39 is 17.8 Å². The summed E-state index contributed by atoms with van der Waals surface area (Å²) in [6, 6.07) is 16.6. The molecule has 2 N–H and O–H groups in total. The normalized spacial score (nSPS) is 11.0. The monoisotopic (exact) mass is 482 g/mol. The van der Waals surface area contributed by atoms with Crippen molar-refractivity contribution in [2.75, 3.05) is 11.9 Å². The standard InChI is InChI=1S/C23H19BrN2O5/c1-2-30-23(29)16-8-10-18(11-9-16)25-21(27)19(14-15-5-3-6-17(24)13-15)26-22(28)20-7-4-12-31-20/h3-14H,2H2,1H3,(H,25,27)(H,26,28)/b19-14-. The lowest BCUT2D eigenvalue weighted by molar-refractivity contribution is -0.113. The number of amides is 2. The molecule has 0 bridgehead atoms. The number of benzene rings is 2. The van der Waals surface area contributed by atoms with Crippen LogP contribution in [0.3, 0.4) is 0 Å². The first-order valence-electron chi connectivity index (χ1n) is 9.37. The van der Waals surface area contributed by atoms with Gasteiger partial charge in [0.05, 0.1) is 18.4 Å². The maximum Gasteiger partial charge on any atom is 0.338 e. The smallest absolute Gasteiger partial charge is 0.338 e. The molecular formula is C23H19BrN2O5. The topological polar surface area (TPSA) is 97.6 Å². The Bertz CT molecular complexity index is 1110. The molecule has 7 nitrogen and oxygen atoms in total. The van der Waals surface area contributed by atoms with E-state index in [2.05, 4.69) is 26.6 Å². The SMILES string of the molecule is CCOC(=O)c1ccc(NC(=O)/C(=C/c2cccc(Br)c2)NC(=O)c2ccco2)cc1. The average Bonchev–Trinajstić information content (AvgIpc) is 3.29. The van der Waals surface area contributed by atoms with E-state index in [-0.39, 0.29) is 18.1 Å². The number of halogens is 1. The minimum atomic E-state index is -0.556. The van der Waals surface area contributed by atoms with Gasteiger partial charge in [0, 0.05) is 10.2 Å². The number of furan rings is 1. The molecule has 0 radical (unpaired) electrons. The van der Waals surface area contributed by atoms with Gasteiger partial charge in [0.1, 0.15) is 5.70 Å². The fourth-order valence-electron chi connectivity index (χ4n) is 2.62. The zero-order chi connectivity index (χ0) is 22.2. The van der Waals surface area contributed by atoms with Gasteiger partial charge in [-0.1, -0.05) is 28.1 Å². The third-order valence-corrected chi connectivity index (χ3v) is 4.54. The van der Waals surface area contributed by atoms with E-state index >= 15 is 0 Å². The summed E-state index contributed by atoms with van der Waals surface area (Å²) in [7, 11) is 0. The van der Waals surface area contributed by atoms with Crippen LogP contribution >= 0.6 is 15.9 Å². The molecule has 8 heteroatoms. The number of hydrogen-bond acceptors (Lipinski definition) is 5. The van der Waals surface area contributed by atoms with Crippen LogP contribution in [0.25, 0.3) is 6.08 Å². The first kappa shape index (κ1) is 22.0. The number of nitrogens with one attached hydrogen (secondary N) is 2. The highest BCUT2D eigenvalue weighted by molar-refractivity contribution is 9.10. The van der Waals surface area contributed by atoms with Crippen molar-refractivity contribution >= 4 is 45.5 Å². The summed E-state index contributed by atoms with van der Waals surface area (Å²) < 4.78 is 10.9. The van der Waals surface area contributed by atoms with Gasteiger partial charge in [-0.05, 0) is 67.1 Å². The largest absolute Gasteiger partial charge is 0.462 e. The van der Waals surface area contributed by atoms with Gasteiger partial charge >= 0.3 is 5.97 Å². The maximum absolute atomic E-state index is 12.9. The average molecular weight is 483 g/mol. The Balaban J connectivity index is 1.81. The van der Waals surface area contributed by atoms with Crippen LogP contribution in [0.2, 0.25) is 0 Å². The van der Waals surface area contributed by atoms with Crippen molar-refractivity contribution in [2.24, 2.45) is 0 Å². The molecule has 2 amide bonds. The van der Waals surface area contributed by atoms with Crippen molar-refractivity contribution in [3.63, 3.8) is 0 Å². The summed E-state index contributed by atoms with van der Waals surface area (Å²) >= 11 is 3.38. The molecule has 1 heterocycles. The molecule has 1 aromatic heterocycles. The van der Waals surface area contributed by atoms with E-state index in [4.69, 9.17) is 9.15 Å². The zero-order valence-corrected chi connectivity index (χ0v) is 18.1. The second kappa shape index (κ2) is 10.4. The van der Waals surface area contributed by atoms with E-state index in [1.54, 1.807) is 55.5 Å². The Morgan fingerprint density at radius 1 is 1.06 bits per heavy atom. The molecule has 158 valence electrons. The van der Waals surface area contributed by atoms with Crippen molar-refractivity contribution < 1.29 is 23.5 Å². The number of carbonyl (C=O) groups excluding carboxylic acids is 3. The van der Waals surface area contributed by atoms with E-state index in [9.17, 15) is 14.4 Å². The van der Waals surface area contributed by atoms with Gasteiger partial charge in [0.2, 0.25) is 0 Å². The van der Waals surface area contributed by atoms with Crippen LogP contribution in [0.5, 0.6) is 0 Å². The summed E-state index contributed by atoms with van der Waals surface area (Å²) in [5.74, 6) is -1.46. The molecule has 0 fully saturated rings. The zero-order valence-electron chi connectivity index (χ0n) is 16.6. The fourth-order valence-corrected chi connectivity index (χ4v) is 3.03. The second-order valence-corrected chi connectivity index (χ2v) is 7.21. The van der Waals surface area contributed by atoms with Crippen LogP contribution in [-0.2, 0) is 9.53 Å². The Morgan fingerprint density at radius 3 is 2.48 bits per heavy atom. The molecule has 3 aromatic rings. The summed E-state index contributed by atoms with van der Waals surface area (Å²) in [6.07, 6.45) is 2.92.